The van der Waals surface area contributed by atoms with Gasteiger partial charge < -0.3 is 4.74 Å². The average molecular weight is 529 g/mol. The Bertz CT molecular complexity index is 1060. The Labute approximate surface area is 236 Å². The number of aromatic nitrogens is 2. The molecule has 0 bridgehead atoms. The molecular formula is C35H48N2O2. The number of carbonyl (C=O) groups excluding carboxylic acids is 1. The van der Waals surface area contributed by atoms with E-state index in [-0.39, 0.29) is 5.97 Å². The molecule has 39 heavy (non-hydrogen) atoms. The fourth-order valence-electron chi connectivity index (χ4n) is 4.88. The Hall–Kier alpha value is -3.01. The van der Waals surface area contributed by atoms with Crippen LogP contribution < -0.4 is 4.74 Å². The second-order valence-electron chi connectivity index (χ2n) is 10.8. The molecule has 0 radical (unpaired) electrons. The molecule has 0 aliphatic carbocycles. The molecule has 0 fully saturated rings. The van der Waals surface area contributed by atoms with Crippen LogP contribution in [-0.2, 0) is 12.8 Å². The van der Waals surface area contributed by atoms with Crippen LogP contribution in [0.1, 0.15) is 125 Å². The monoisotopic (exact) mass is 528 g/mol. The molecule has 0 spiro atoms. The number of hydrogen-bond acceptors (Lipinski definition) is 4. The molecule has 1 aromatic heterocycles. The average Bonchev–Trinajstić information content (AvgIpc) is 2.97. The predicted octanol–water partition coefficient (Wildman–Crippen LogP) is 9.95. The zero-order chi connectivity index (χ0) is 27.5. The highest BCUT2D eigenvalue weighted by atomic mass is 16.5. The van der Waals surface area contributed by atoms with Crippen molar-refractivity contribution in [2.45, 2.75) is 117 Å². The lowest BCUT2D eigenvalue weighted by Gasteiger charge is -2.07. The van der Waals surface area contributed by atoms with Crippen molar-refractivity contribution < 1.29 is 9.53 Å². The third-order valence-corrected chi connectivity index (χ3v) is 7.38. The van der Waals surface area contributed by atoms with Crippen LogP contribution in [-0.4, -0.2) is 15.9 Å². The Morgan fingerprint density at radius 1 is 0.590 bits per heavy atom. The number of ether oxygens (including phenoxy) is 1. The molecule has 210 valence electrons. The lowest BCUT2D eigenvalue weighted by Crippen LogP contribution is -2.09. The summed E-state index contributed by atoms with van der Waals surface area (Å²) in [4.78, 5) is 21.5. The summed E-state index contributed by atoms with van der Waals surface area (Å²) in [6.07, 6.45) is 23.7. The molecule has 0 aliphatic rings. The van der Waals surface area contributed by atoms with E-state index in [0.29, 0.717) is 17.1 Å². The van der Waals surface area contributed by atoms with Crippen molar-refractivity contribution in [3.8, 4) is 17.1 Å². The van der Waals surface area contributed by atoms with Crippen LogP contribution in [0.25, 0.3) is 11.4 Å². The van der Waals surface area contributed by atoms with Crippen molar-refractivity contribution in [1.82, 2.24) is 9.97 Å². The van der Waals surface area contributed by atoms with Crippen LogP contribution >= 0.6 is 0 Å². The summed E-state index contributed by atoms with van der Waals surface area (Å²) in [6.45, 7) is 4.51. The van der Waals surface area contributed by atoms with Gasteiger partial charge in [0, 0.05) is 5.56 Å². The first-order valence-electron chi connectivity index (χ1n) is 15.4. The summed E-state index contributed by atoms with van der Waals surface area (Å²) in [6, 6.07) is 16.2. The van der Waals surface area contributed by atoms with E-state index in [1.807, 2.05) is 24.3 Å². The summed E-state index contributed by atoms with van der Waals surface area (Å²) in [7, 11) is 0. The molecule has 0 N–H and O–H groups in total. The van der Waals surface area contributed by atoms with Crippen LogP contribution in [0.2, 0.25) is 0 Å². The van der Waals surface area contributed by atoms with Gasteiger partial charge in [0.15, 0.2) is 11.6 Å². The smallest absolute Gasteiger partial charge is 0.343 e. The molecule has 0 saturated carbocycles. The Kier molecular flexibility index (Phi) is 14.3. The molecule has 0 aliphatic heterocycles. The van der Waals surface area contributed by atoms with Crippen LogP contribution in [0.4, 0.5) is 0 Å². The zero-order valence-electron chi connectivity index (χ0n) is 24.3. The maximum absolute atomic E-state index is 12.6. The van der Waals surface area contributed by atoms with Gasteiger partial charge >= 0.3 is 5.97 Å². The molecule has 0 atom stereocenters. The van der Waals surface area contributed by atoms with Gasteiger partial charge in [0.25, 0.3) is 0 Å². The largest absolute Gasteiger partial charge is 0.420 e. The van der Waals surface area contributed by atoms with Gasteiger partial charge in [0.05, 0.1) is 18.0 Å². The number of esters is 1. The van der Waals surface area contributed by atoms with Gasteiger partial charge in [0.1, 0.15) is 0 Å². The first kappa shape index (κ1) is 30.5. The lowest BCUT2D eigenvalue weighted by molar-refractivity contribution is 0.0733. The van der Waals surface area contributed by atoms with Gasteiger partial charge in [-0.25, -0.2) is 14.8 Å². The molecule has 0 saturated heterocycles. The van der Waals surface area contributed by atoms with Gasteiger partial charge in [-0.05, 0) is 48.9 Å². The molecule has 2 aromatic carbocycles. The highest BCUT2D eigenvalue weighted by Gasteiger charge is 2.10. The lowest BCUT2D eigenvalue weighted by atomic mass is 10.0. The summed E-state index contributed by atoms with van der Waals surface area (Å²) in [5.41, 5.74) is 4.12. The van der Waals surface area contributed by atoms with Crippen LogP contribution in [0.5, 0.6) is 5.75 Å². The van der Waals surface area contributed by atoms with Gasteiger partial charge in [-0.15, -0.1) is 0 Å². The summed E-state index contributed by atoms with van der Waals surface area (Å²) >= 11 is 0. The molecule has 3 rings (SSSR count). The number of rotatable bonds is 19. The van der Waals surface area contributed by atoms with E-state index in [4.69, 9.17) is 4.74 Å². The summed E-state index contributed by atoms with van der Waals surface area (Å²) < 4.78 is 5.52. The normalized spacial score (nSPS) is 11.0. The number of hydrogen-bond donors (Lipinski definition) is 0. The predicted molar refractivity (Wildman–Crippen MR) is 162 cm³/mol. The molecular weight excluding hydrogens is 480 g/mol. The van der Waals surface area contributed by atoms with E-state index >= 15 is 0 Å². The molecule has 0 amide bonds. The molecule has 4 heteroatoms. The van der Waals surface area contributed by atoms with E-state index in [2.05, 4.69) is 48.1 Å². The number of aryl methyl sites for hydroxylation is 2. The van der Waals surface area contributed by atoms with Crippen LogP contribution in [0, 0.1) is 0 Å². The second kappa shape index (κ2) is 18.3. The van der Waals surface area contributed by atoms with Gasteiger partial charge in [-0.3, -0.25) is 0 Å². The Morgan fingerprint density at radius 3 is 1.51 bits per heavy atom. The van der Waals surface area contributed by atoms with Crippen molar-refractivity contribution in [3.63, 3.8) is 0 Å². The molecule has 1 heterocycles. The van der Waals surface area contributed by atoms with Crippen molar-refractivity contribution in [3.05, 3.63) is 77.6 Å². The minimum atomic E-state index is -0.385. The highest BCUT2D eigenvalue weighted by molar-refractivity contribution is 5.91. The fourth-order valence-corrected chi connectivity index (χ4v) is 4.88. The number of benzene rings is 2. The van der Waals surface area contributed by atoms with Crippen molar-refractivity contribution in [1.29, 1.82) is 0 Å². The number of nitrogens with zero attached hydrogens (tertiary/aromatic N) is 2. The molecule has 0 unspecified atom stereocenters. The van der Waals surface area contributed by atoms with E-state index < -0.39 is 0 Å². The van der Waals surface area contributed by atoms with Crippen LogP contribution in [0.3, 0.4) is 0 Å². The zero-order valence-corrected chi connectivity index (χ0v) is 24.3. The Morgan fingerprint density at radius 2 is 1.03 bits per heavy atom. The first-order chi connectivity index (χ1) is 19.2. The van der Waals surface area contributed by atoms with Gasteiger partial charge in [0.2, 0.25) is 0 Å². The maximum Gasteiger partial charge on any atom is 0.343 e. The van der Waals surface area contributed by atoms with Crippen LogP contribution in [0.15, 0.2) is 60.9 Å². The summed E-state index contributed by atoms with van der Waals surface area (Å²) in [5.74, 6) is 0.599. The SMILES string of the molecule is CCCCCCCCCCc1ccc(C(=O)Oc2cnc(-c3ccc(CCCCCCCC)cc3)nc2)cc1. The minimum Gasteiger partial charge on any atom is -0.420 e. The number of unbranched alkanes of at least 4 members (excludes halogenated alkanes) is 12. The van der Waals surface area contributed by atoms with Crippen molar-refractivity contribution in [2.24, 2.45) is 0 Å². The van der Waals surface area contributed by atoms with Crippen molar-refractivity contribution >= 4 is 5.97 Å². The molecule has 3 aromatic rings. The topological polar surface area (TPSA) is 52.1 Å². The van der Waals surface area contributed by atoms with E-state index in [1.54, 1.807) is 12.4 Å². The maximum atomic E-state index is 12.6. The molecule has 4 nitrogen and oxygen atoms in total. The van der Waals surface area contributed by atoms with E-state index in [9.17, 15) is 4.79 Å². The van der Waals surface area contributed by atoms with E-state index in [1.165, 1.54) is 101 Å². The number of carbonyl (C=O) groups is 1. The van der Waals surface area contributed by atoms with Gasteiger partial charge in [-0.2, -0.15) is 0 Å². The second-order valence-corrected chi connectivity index (χ2v) is 10.8. The fraction of sp³-hybridized carbons (Fsp3) is 0.514. The third kappa shape index (κ3) is 11.7. The summed E-state index contributed by atoms with van der Waals surface area (Å²) in [5, 5.41) is 0. The quantitative estimate of drug-likeness (QED) is 0.115. The first-order valence-corrected chi connectivity index (χ1v) is 15.4. The van der Waals surface area contributed by atoms with Crippen molar-refractivity contribution in [2.75, 3.05) is 0 Å². The standard InChI is InChI=1S/C35H48N2O2/c1-3-5-7-9-11-12-14-16-18-30-21-25-32(26-22-30)35(38)39-33-27-36-34(37-28-33)31-23-19-29(20-24-31)17-15-13-10-8-6-4-2/h19-28H,3-18H2,1-2H3. The Balaban J connectivity index is 1.39. The van der Waals surface area contributed by atoms with E-state index in [0.717, 1.165) is 18.4 Å². The van der Waals surface area contributed by atoms with Gasteiger partial charge in [-0.1, -0.05) is 127 Å². The highest BCUT2D eigenvalue weighted by Crippen LogP contribution is 2.20. The minimum absolute atomic E-state index is 0.353. The third-order valence-electron chi connectivity index (χ3n) is 7.38.